The summed E-state index contributed by atoms with van der Waals surface area (Å²) in [7, 11) is 0. The fraction of sp³-hybridized carbons (Fsp3) is 0.214. The van der Waals surface area contributed by atoms with Crippen molar-refractivity contribution < 1.29 is 0 Å². The molecule has 0 fully saturated rings. The first-order chi connectivity index (χ1) is 9.70. The van der Waals surface area contributed by atoms with Crippen molar-refractivity contribution in [2.75, 3.05) is 0 Å². The van der Waals surface area contributed by atoms with E-state index < -0.39 is 0 Å². The summed E-state index contributed by atoms with van der Waals surface area (Å²) in [5.41, 5.74) is 1.48. The number of para-hydroxylation sites is 1. The van der Waals surface area contributed by atoms with Crippen molar-refractivity contribution in [3.63, 3.8) is 0 Å². The number of aromatic amines is 1. The van der Waals surface area contributed by atoms with E-state index in [2.05, 4.69) is 16.9 Å². The number of aryl methyl sites for hydroxylation is 1. The molecule has 0 amide bonds. The number of fused-ring (bicyclic) bond motifs is 1. The molecule has 2 heterocycles. The van der Waals surface area contributed by atoms with E-state index in [-0.39, 0.29) is 5.56 Å². The summed E-state index contributed by atoms with van der Waals surface area (Å²) < 4.78 is 3.08. The van der Waals surface area contributed by atoms with Crippen molar-refractivity contribution in [2.24, 2.45) is 0 Å². The van der Waals surface area contributed by atoms with Crippen LogP contribution < -0.4 is 5.56 Å². The lowest BCUT2D eigenvalue weighted by atomic mass is 10.3. The molecule has 2 aromatic heterocycles. The lowest BCUT2D eigenvalue weighted by Crippen LogP contribution is -2.11. The van der Waals surface area contributed by atoms with Gasteiger partial charge in [0.1, 0.15) is 10.5 Å². The molecule has 3 rings (SSSR count). The Morgan fingerprint density at radius 1 is 1.35 bits per heavy atom. The minimum atomic E-state index is -0.107. The molecular formula is C14H13N3OS2. The summed E-state index contributed by atoms with van der Waals surface area (Å²) in [6.45, 7) is 2.06. The van der Waals surface area contributed by atoms with Gasteiger partial charge in [-0.2, -0.15) is 0 Å². The van der Waals surface area contributed by atoms with E-state index in [4.69, 9.17) is 12.2 Å². The van der Waals surface area contributed by atoms with Crippen LogP contribution in [0, 0.1) is 3.95 Å². The molecule has 102 valence electrons. The van der Waals surface area contributed by atoms with Gasteiger partial charge < -0.3 is 4.98 Å². The van der Waals surface area contributed by atoms with Crippen molar-refractivity contribution in [3.05, 3.63) is 50.5 Å². The largest absolute Gasteiger partial charge is 0.309 e. The molecule has 0 aliphatic rings. The van der Waals surface area contributed by atoms with Gasteiger partial charge in [0.05, 0.1) is 0 Å². The molecule has 0 unspecified atom stereocenters. The van der Waals surface area contributed by atoms with Crippen LogP contribution >= 0.6 is 23.6 Å². The molecule has 3 aromatic rings. The smallest absolute Gasteiger partial charge is 0.270 e. The normalized spacial score (nSPS) is 11.1. The van der Waals surface area contributed by atoms with Gasteiger partial charge in [0.25, 0.3) is 5.56 Å². The first-order valence-corrected chi connectivity index (χ1v) is 7.63. The second kappa shape index (κ2) is 5.30. The van der Waals surface area contributed by atoms with Gasteiger partial charge in [-0.05, 0) is 30.8 Å². The van der Waals surface area contributed by atoms with Crippen LogP contribution in [0.15, 0.2) is 35.1 Å². The standard InChI is InChI=1S/C14H13N3OS2/c1-2-6-10-15-12-11(13(18)16-10)20-14(19)17(12)9-7-4-3-5-8-9/h3-5,7-8H,2,6H2,1H3,(H,15,16,18). The molecule has 4 nitrogen and oxygen atoms in total. The highest BCUT2D eigenvalue weighted by Gasteiger charge is 2.12. The molecule has 6 heteroatoms. The first-order valence-electron chi connectivity index (χ1n) is 6.41. The van der Waals surface area contributed by atoms with E-state index in [1.807, 2.05) is 34.9 Å². The zero-order valence-electron chi connectivity index (χ0n) is 10.9. The second-order valence-electron chi connectivity index (χ2n) is 4.45. The summed E-state index contributed by atoms with van der Waals surface area (Å²) in [6, 6.07) is 9.76. The number of aromatic nitrogens is 3. The maximum Gasteiger partial charge on any atom is 0.270 e. The summed E-state index contributed by atoms with van der Waals surface area (Å²) in [4.78, 5) is 19.5. The fourth-order valence-electron chi connectivity index (χ4n) is 2.12. The SMILES string of the molecule is CCCc1nc2c(sc(=S)n2-c2ccccc2)c(=O)[nH]1. The topological polar surface area (TPSA) is 50.7 Å². The van der Waals surface area contributed by atoms with Crippen LogP contribution in [0.1, 0.15) is 19.2 Å². The molecule has 0 radical (unpaired) electrons. The van der Waals surface area contributed by atoms with Gasteiger partial charge in [0.15, 0.2) is 9.60 Å². The molecule has 1 N–H and O–H groups in total. The van der Waals surface area contributed by atoms with Crippen molar-refractivity contribution in [2.45, 2.75) is 19.8 Å². The maximum absolute atomic E-state index is 12.1. The highest BCUT2D eigenvalue weighted by Crippen LogP contribution is 2.22. The van der Waals surface area contributed by atoms with Crippen LogP contribution in [0.4, 0.5) is 0 Å². The molecule has 0 aliphatic carbocycles. The third kappa shape index (κ3) is 2.21. The Morgan fingerprint density at radius 2 is 2.10 bits per heavy atom. The molecule has 0 saturated carbocycles. The summed E-state index contributed by atoms with van der Waals surface area (Å²) in [5.74, 6) is 0.711. The van der Waals surface area contributed by atoms with Gasteiger partial charge in [-0.1, -0.05) is 36.5 Å². The van der Waals surface area contributed by atoms with E-state index in [0.717, 1.165) is 18.5 Å². The van der Waals surface area contributed by atoms with Crippen LogP contribution in [0.3, 0.4) is 0 Å². The number of nitrogens with one attached hydrogen (secondary N) is 1. The zero-order valence-corrected chi connectivity index (χ0v) is 12.6. The van der Waals surface area contributed by atoms with E-state index in [9.17, 15) is 4.79 Å². The lowest BCUT2D eigenvalue weighted by molar-refractivity contribution is 0.831. The number of hydrogen-bond donors (Lipinski definition) is 1. The van der Waals surface area contributed by atoms with E-state index in [1.54, 1.807) is 0 Å². The average Bonchev–Trinajstić information content (AvgIpc) is 2.77. The Kier molecular flexibility index (Phi) is 3.50. The number of benzene rings is 1. The Labute approximate surface area is 124 Å². The number of thiazole rings is 1. The minimum Gasteiger partial charge on any atom is -0.309 e. The molecule has 0 saturated heterocycles. The van der Waals surface area contributed by atoms with Gasteiger partial charge in [-0.25, -0.2) is 4.98 Å². The van der Waals surface area contributed by atoms with E-state index in [0.29, 0.717) is 20.1 Å². The van der Waals surface area contributed by atoms with Crippen LogP contribution in [-0.4, -0.2) is 14.5 Å². The van der Waals surface area contributed by atoms with Crippen molar-refractivity contribution in [3.8, 4) is 5.69 Å². The molecule has 0 spiro atoms. The van der Waals surface area contributed by atoms with Gasteiger partial charge in [0, 0.05) is 12.1 Å². The van der Waals surface area contributed by atoms with E-state index >= 15 is 0 Å². The Bertz CT molecular complexity index is 861. The molecular weight excluding hydrogens is 290 g/mol. The Hall–Kier alpha value is -1.79. The van der Waals surface area contributed by atoms with Crippen molar-refractivity contribution in [1.29, 1.82) is 0 Å². The van der Waals surface area contributed by atoms with Crippen LogP contribution in [0.25, 0.3) is 16.0 Å². The third-order valence-corrected chi connectivity index (χ3v) is 4.35. The third-order valence-electron chi connectivity index (χ3n) is 2.99. The molecule has 0 bridgehead atoms. The number of hydrogen-bond acceptors (Lipinski definition) is 4. The lowest BCUT2D eigenvalue weighted by Gasteiger charge is -2.04. The van der Waals surface area contributed by atoms with Gasteiger partial charge in [-0.15, -0.1) is 0 Å². The monoisotopic (exact) mass is 303 g/mol. The van der Waals surface area contributed by atoms with Gasteiger partial charge in [-0.3, -0.25) is 9.36 Å². The number of H-pyrrole nitrogens is 1. The summed E-state index contributed by atoms with van der Waals surface area (Å²) >= 11 is 6.69. The van der Waals surface area contributed by atoms with Crippen LogP contribution in [0.5, 0.6) is 0 Å². The first kappa shape index (κ1) is 13.2. The molecule has 1 aromatic carbocycles. The summed E-state index contributed by atoms with van der Waals surface area (Å²) in [5, 5.41) is 0. The highest BCUT2D eigenvalue weighted by atomic mass is 32.1. The second-order valence-corrected chi connectivity index (χ2v) is 6.10. The Morgan fingerprint density at radius 3 is 2.80 bits per heavy atom. The molecule has 0 aliphatic heterocycles. The molecule has 0 atom stereocenters. The predicted octanol–water partition coefficient (Wildman–Crippen LogP) is 3.46. The van der Waals surface area contributed by atoms with E-state index in [1.165, 1.54) is 11.3 Å². The fourth-order valence-corrected chi connectivity index (χ4v) is 3.39. The average molecular weight is 303 g/mol. The number of rotatable bonds is 3. The predicted molar refractivity (Wildman–Crippen MR) is 84.4 cm³/mol. The number of nitrogens with zero attached hydrogens (tertiary/aromatic N) is 2. The van der Waals surface area contributed by atoms with Gasteiger partial charge >= 0.3 is 0 Å². The maximum atomic E-state index is 12.1. The summed E-state index contributed by atoms with van der Waals surface area (Å²) in [6.07, 6.45) is 1.69. The molecule has 20 heavy (non-hydrogen) atoms. The Balaban J connectivity index is 2.35. The minimum absolute atomic E-state index is 0.107. The highest BCUT2D eigenvalue weighted by molar-refractivity contribution is 7.73. The van der Waals surface area contributed by atoms with Crippen LogP contribution in [0.2, 0.25) is 0 Å². The quantitative estimate of drug-likeness (QED) is 0.754. The van der Waals surface area contributed by atoms with Crippen molar-refractivity contribution in [1.82, 2.24) is 14.5 Å². The van der Waals surface area contributed by atoms with Crippen molar-refractivity contribution >= 4 is 33.9 Å². The zero-order chi connectivity index (χ0) is 14.1. The van der Waals surface area contributed by atoms with Gasteiger partial charge in [0.2, 0.25) is 0 Å². The van der Waals surface area contributed by atoms with Crippen LogP contribution in [-0.2, 0) is 6.42 Å².